The van der Waals surface area contributed by atoms with E-state index < -0.39 is 5.97 Å². The van der Waals surface area contributed by atoms with Crippen LogP contribution in [0.25, 0.3) is 0 Å². The number of nitrogens with one attached hydrogen (secondary N) is 1. The molecule has 0 bridgehead atoms. The van der Waals surface area contributed by atoms with Gasteiger partial charge in [-0.3, -0.25) is 0 Å². The van der Waals surface area contributed by atoms with Crippen LogP contribution in [0.1, 0.15) is 29.5 Å². The monoisotopic (exact) mass is 209 g/mol. The topological polar surface area (TPSA) is 62.5 Å². The number of allylic oxidation sites excluding steroid dienone is 1. The molecule has 0 fully saturated rings. The Balaban J connectivity index is 2.37. The van der Waals surface area contributed by atoms with Crippen molar-refractivity contribution in [2.45, 2.75) is 19.9 Å². The Bertz CT molecular complexity index is 341. The maximum Gasteiger partial charge on any atom is 0.372 e. The Hall–Kier alpha value is -1.55. The molecule has 15 heavy (non-hydrogen) atoms. The molecule has 0 amide bonds. The zero-order chi connectivity index (χ0) is 11.1. The first-order valence-electron chi connectivity index (χ1n) is 4.87. The minimum atomic E-state index is -1.02. The van der Waals surface area contributed by atoms with Gasteiger partial charge >= 0.3 is 5.97 Å². The third-order valence-electron chi connectivity index (χ3n) is 1.98. The smallest absolute Gasteiger partial charge is 0.372 e. The predicted molar refractivity (Wildman–Crippen MR) is 56.8 cm³/mol. The molecular weight excluding hydrogens is 194 g/mol. The first-order valence-corrected chi connectivity index (χ1v) is 4.87. The van der Waals surface area contributed by atoms with Crippen LogP contribution in [-0.4, -0.2) is 17.6 Å². The highest BCUT2D eigenvalue weighted by Crippen LogP contribution is 2.09. The summed E-state index contributed by atoms with van der Waals surface area (Å²) >= 11 is 0. The predicted octanol–water partition coefficient (Wildman–Crippen LogP) is 2.03. The van der Waals surface area contributed by atoms with E-state index in [1.807, 2.05) is 13.0 Å². The van der Waals surface area contributed by atoms with Gasteiger partial charge in [-0.2, -0.15) is 0 Å². The van der Waals surface area contributed by atoms with E-state index in [2.05, 4.69) is 11.4 Å². The highest BCUT2D eigenvalue weighted by atomic mass is 16.4. The van der Waals surface area contributed by atoms with Gasteiger partial charge in [-0.05, 0) is 26.0 Å². The molecule has 82 valence electrons. The second-order valence-corrected chi connectivity index (χ2v) is 3.11. The Labute approximate surface area is 88.6 Å². The summed E-state index contributed by atoms with van der Waals surface area (Å²) in [6, 6.07) is 1.67. The summed E-state index contributed by atoms with van der Waals surface area (Å²) in [6.07, 6.45) is 6.38. The van der Waals surface area contributed by atoms with Crippen LogP contribution >= 0.6 is 0 Å². The van der Waals surface area contributed by atoms with E-state index in [0.717, 1.165) is 13.0 Å². The number of aromatic carboxylic acids is 1. The quantitative estimate of drug-likeness (QED) is 0.556. The van der Waals surface area contributed by atoms with Crippen LogP contribution in [0.15, 0.2) is 28.9 Å². The summed E-state index contributed by atoms with van der Waals surface area (Å²) in [7, 11) is 0. The molecule has 0 aliphatic heterocycles. The second-order valence-electron chi connectivity index (χ2n) is 3.11. The van der Waals surface area contributed by atoms with Crippen LogP contribution in [0.5, 0.6) is 0 Å². The van der Waals surface area contributed by atoms with Crippen molar-refractivity contribution in [3.63, 3.8) is 0 Å². The van der Waals surface area contributed by atoms with E-state index in [9.17, 15) is 4.79 Å². The molecule has 4 nitrogen and oxygen atoms in total. The zero-order valence-electron chi connectivity index (χ0n) is 8.69. The van der Waals surface area contributed by atoms with E-state index in [1.54, 1.807) is 6.07 Å². The van der Waals surface area contributed by atoms with Gasteiger partial charge in [0, 0.05) is 12.1 Å². The fourth-order valence-corrected chi connectivity index (χ4v) is 1.24. The SMILES string of the molecule is C/C=C/CCNCc1ccoc1C(=O)O. The normalized spacial score (nSPS) is 11.0. The number of carboxylic acids is 1. The first-order chi connectivity index (χ1) is 7.25. The molecule has 0 saturated carbocycles. The summed E-state index contributed by atoms with van der Waals surface area (Å²) in [6.45, 7) is 3.32. The molecule has 1 heterocycles. The zero-order valence-corrected chi connectivity index (χ0v) is 8.69. The largest absolute Gasteiger partial charge is 0.475 e. The summed E-state index contributed by atoms with van der Waals surface area (Å²) in [5, 5.41) is 11.9. The lowest BCUT2D eigenvalue weighted by Crippen LogP contribution is -2.15. The lowest BCUT2D eigenvalue weighted by atomic mass is 10.2. The Morgan fingerprint density at radius 3 is 3.13 bits per heavy atom. The van der Waals surface area contributed by atoms with Gasteiger partial charge in [0.15, 0.2) is 0 Å². The van der Waals surface area contributed by atoms with Gasteiger partial charge in [0.1, 0.15) is 0 Å². The van der Waals surface area contributed by atoms with Crippen LogP contribution < -0.4 is 5.32 Å². The average molecular weight is 209 g/mol. The van der Waals surface area contributed by atoms with Crippen LogP contribution in [0, 0.1) is 0 Å². The average Bonchev–Trinajstić information content (AvgIpc) is 2.66. The van der Waals surface area contributed by atoms with Gasteiger partial charge in [-0.1, -0.05) is 12.2 Å². The lowest BCUT2D eigenvalue weighted by molar-refractivity contribution is 0.0660. The van der Waals surface area contributed by atoms with Crippen molar-refractivity contribution in [2.75, 3.05) is 6.54 Å². The molecule has 0 unspecified atom stereocenters. The van der Waals surface area contributed by atoms with Gasteiger partial charge in [-0.15, -0.1) is 0 Å². The van der Waals surface area contributed by atoms with Gasteiger partial charge in [0.05, 0.1) is 6.26 Å². The van der Waals surface area contributed by atoms with Gasteiger partial charge in [0.2, 0.25) is 5.76 Å². The molecule has 0 aromatic carbocycles. The summed E-state index contributed by atoms with van der Waals surface area (Å²) in [5.74, 6) is -1.00. The fraction of sp³-hybridized carbons (Fsp3) is 0.364. The lowest BCUT2D eigenvalue weighted by Gasteiger charge is -2.01. The number of carbonyl (C=O) groups is 1. The van der Waals surface area contributed by atoms with Crippen LogP contribution in [0.3, 0.4) is 0 Å². The summed E-state index contributed by atoms with van der Waals surface area (Å²) < 4.78 is 4.85. The maximum absolute atomic E-state index is 10.7. The Morgan fingerprint density at radius 1 is 1.67 bits per heavy atom. The Kier molecular flexibility index (Phi) is 4.63. The molecule has 0 spiro atoms. The van der Waals surface area contributed by atoms with Gasteiger partial charge in [0.25, 0.3) is 0 Å². The third kappa shape index (κ3) is 3.59. The molecule has 2 N–H and O–H groups in total. The molecular formula is C11H15NO3. The van der Waals surface area contributed by atoms with E-state index in [1.165, 1.54) is 6.26 Å². The first kappa shape index (κ1) is 11.5. The van der Waals surface area contributed by atoms with Crippen LogP contribution in [0.2, 0.25) is 0 Å². The van der Waals surface area contributed by atoms with Crippen LogP contribution in [-0.2, 0) is 6.54 Å². The van der Waals surface area contributed by atoms with Crippen molar-refractivity contribution in [1.82, 2.24) is 5.32 Å². The number of hydrogen-bond acceptors (Lipinski definition) is 3. The van der Waals surface area contributed by atoms with Crippen molar-refractivity contribution in [3.8, 4) is 0 Å². The summed E-state index contributed by atoms with van der Waals surface area (Å²) in [4.78, 5) is 10.7. The highest BCUT2D eigenvalue weighted by molar-refractivity contribution is 5.86. The van der Waals surface area contributed by atoms with Crippen molar-refractivity contribution < 1.29 is 14.3 Å². The van der Waals surface area contributed by atoms with Gasteiger partial charge in [-0.25, -0.2) is 4.79 Å². The molecule has 0 saturated heterocycles. The van der Waals surface area contributed by atoms with Crippen LogP contribution in [0.4, 0.5) is 0 Å². The molecule has 1 rings (SSSR count). The minimum absolute atomic E-state index is 0.0218. The fourth-order valence-electron chi connectivity index (χ4n) is 1.24. The molecule has 4 heteroatoms. The van der Waals surface area contributed by atoms with E-state index in [-0.39, 0.29) is 5.76 Å². The molecule has 1 aromatic heterocycles. The van der Waals surface area contributed by atoms with E-state index in [0.29, 0.717) is 12.1 Å². The van der Waals surface area contributed by atoms with Gasteiger partial charge < -0.3 is 14.8 Å². The molecule has 0 atom stereocenters. The second kappa shape index (κ2) is 6.03. The number of hydrogen-bond donors (Lipinski definition) is 2. The maximum atomic E-state index is 10.7. The van der Waals surface area contributed by atoms with Crippen molar-refractivity contribution in [1.29, 1.82) is 0 Å². The van der Waals surface area contributed by atoms with Crippen molar-refractivity contribution in [3.05, 3.63) is 35.8 Å². The van der Waals surface area contributed by atoms with Crippen molar-refractivity contribution in [2.24, 2.45) is 0 Å². The number of furan rings is 1. The summed E-state index contributed by atoms with van der Waals surface area (Å²) in [5.41, 5.74) is 0.683. The van der Waals surface area contributed by atoms with E-state index >= 15 is 0 Å². The molecule has 0 aliphatic rings. The molecule has 0 aliphatic carbocycles. The van der Waals surface area contributed by atoms with Crippen molar-refractivity contribution >= 4 is 5.97 Å². The molecule has 1 aromatic rings. The molecule has 0 radical (unpaired) electrons. The standard InChI is InChI=1S/C11H15NO3/c1-2-3-4-6-12-8-9-5-7-15-10(9)11(13)14/h2-3,5,7,12H,4,6,8H2,1H3,(H,13,14)/b3-2+. The highest BCUT2D eigenvalue weighted by Gasteiger charge is 2.12. The Morgan fingerprint density at radius 2 is 2.47 bits per heavy atom. The number of carboxylic acid groups (broad SMARTS) is 1. The third-order valence-corrected chi connectivity index (χ3v) is 1.98. The number of rotatable bonds is 6. The minimum Gasteiger partial charge on any atom is -0.475 e. The van der Waals surface area contributed by atoms with E-state index in [4.69, 9.17) is 9.52 Å².